The third-order valence-corrected chi connectivity index (χ3v) is 10.9. The molecule has 0 spiro atoms. The van der Waals surface area contributed by atoms with E-state index in [4.69, 9.17) is 24.9 Å². The zero-order chi connectivity index (χ0) is 40.1. The number of aromatic nitrogens is 5. The van der Waals surface area contributed by atoms with Gasteiger partial charge in [0.25, 0.3) is 0 Å². The number of allylic oxidation sites excluding steroid dienone is 4. The fourth-order valence-corrected chi connectivity index (χ4v) is 7.75. The highest BCUT2D eigenvalue weighted by atomic mass is 15.0. The number of benzene rings is 7. The van der Waals surface area contributed by atoms with Crippen LogP contribution >= 0.6 is 0 Å². The molecule has 5 nitrogen and oxygen atoms in total. The summed E-state index contributed by atoms with van der Waals surface area (Å²) in [7, 11) is 0. The molecule has 0 N–H and O–H groups in total. The quantitative estimate of drug-likeness (QED) is 0.146. The topological polar surface area (TPSA) is 64.5 Å². The second-order valence-corrected chi connectivity index (χ2v) is 14.8. The fourth-order valence-electron chi connectivity index (χ4n) is 7.75. The summed E-state index contributed by atoms with van der Waals surface area (Å²) in [5.41, 5.74) is 13.5. The van der Waals surface area contributed by atoms with Crippen LogP contribution in [-0.4, -0.2) is 24.9 Å². The van der Waals surface area contributed by atoms with Crippen LogP contribution in [0.4, 0.5) is 0 Å². The van der Waals surface area contributed by atoms with Crippen molar-refractivity contribution in [2.75, 3.05) is 0 Å². The van der Waals surface area contributed by atoms with Crippen molar-refractivity contribution in [1.29, 1.82) is 0 Å². The Morgan fingerprint density at radius 1 is 0.317 bits per heavy atom. The zero-order valence-corrected chi connectivity index (χ0v) is 32.8. The zero-order valence-electron chi connectivity index (χ0n) is 32.8. The van der Waals surface area contributed by atoms with Gasteiger partial charge in [0.15, 0.2) is 23.3 Å². The summed E-state index contributed by atoms with van der Waals surface area (Å²) in [5, 5.41) is 0. The van der Waals surface area contributed by atoms with Gasteiger partial charge in [0.1, 0.15) is 0 Å². The summed E-state index contributed by atoms with van der Waals surface area (Å²) >= 11 is 0. The lowest BCUT2D eigenvalue weighted by atomic mass is 9.90. The number of nitrogens with zero attached hydrogens (tertiary/aromatic N) is 5. The van der Waals surface area contributed by atoms with Crippen molar-refractivity contribution in [3.63, 3.8) is 0 Å². The lowest BCUT2D eigenvalue weighted by molar-refractivity contribution is 0.811. The Balaban J connectivity index is 1.07. The smallest absolute Gasteiger partial charge is 0.164 e. The highest BCUT2D eigenvalue weighted by Crippen LogP contribution is 2.38. The molecule has 1 unspecified atom stereocenters. The summed E-state index contributed by atoms with van der Waals surface area (Å²) in [6.45, 7) is 0. The first kappa shape index (κ1) is 36.5. The molecular formula is C55H39N5. The predicted molar refractivity (Wildman–Crippen MR) is 245 cm³/mol. The van der Waals surface area contributed by atoms with Crippen molar-refractivity contribution in [3.05, 3.63) is 224 Å². The summed E-state index contributed by atoms with van der Waals surface area (Å²) in [6, 6.07) is 67.1. The minimum atomic E-state index is 0.187. The van der Waals surface area contributed by atoms with Gasteiger partial charge in [-0.2, -0.15) is 0 Å². The first-order valence-electron chi connectivity index (χ1n) is 20.3. The number of hydrogen-bond donors (Lipinski definition) is 0. The normalized spacial score (nSPS) is 13.3. The lowest BCUT2D eigenvalue weighted by Gasteiger charge is -2.17. The maximum atomic E-state index is 5.21. The molecule has 1 atom stereocenters. The maximum Gasteiger partial charge on any atom is 0.164 e. The van der Waals surface area contributed by atoms with E-state index in [1.165, 1.54) is 0 Å². The van der Waals surface area contributed by atoms with Crippen LogP contribution in [0.3, 0.4) is 0 Å². The van der Waals surface area contributed by atoms with Gasteiger partial charge in [-0.05, 0) is 58.0 Å². The van der Waals surface area contributed by atoms with Crippen molar-refractivity contribution in [2.24, 2.45) is 0 Å². The third-order valence-electron chi connectivity index (χ3n) is 10.9. The summed E-state index contributed by atoms with van der Waals surface area (Å²) in [6.07, 6.45) is 9.56. The van der Waals surface area contributed by atoms with Crippen molar-refractivity contribution in [1.82, 2.24) is 24.9 Å². The van der Waals surface area contributed by atoms with Gasteiger partial charge in [-0.25, -0.2) is 24.9 Å². The van der Waals surface area contributed by atoms with E-state index in [0.29, 0.717) is 23.3 Å². The molecule has 10 rings (SSSR count). The molecular weight excluding hydrogens is 731 g/mol. The predicted octanol–water partition coefficient (Wildman–Crippen LogP) is 13.6. The molecule has 2 aromatic heterocycles. The standard InChI is InChI=1S/C55H39N5/c1-6-17-38(18-7-1)45-33-34-48(39-29-31-44(32-30-39)54-59-52(42-23-12-4-13-24-42)58-53(60-54)43-25-14-5-15-26-43)49(36-45)46-27-16-28-47(35-46)55-56-50(40-19-8-2-9-20-40)37-51(57-55)41-21-10-3-11-22-41/h1-21,23-37,41H,22H2. The van der Waals surface area contributed by atoms with Crippen LogP contribution in [0.1, 0.15) is 18.0 Å². The first-order valence-corrected chi connectivity index (χ1v) is 20.3. The van der Waals surface area contributed by atoms with Crippen LogP contribution in [0.25, 0.3) is 90.2 Å². The van der Waals surface area contributed by atoms with Crippen molar-refractivity contribution in [2.45, 2.75) is 12.3 Å². The Labute approximate surface area is 350 Å². The molecule has 0 saturated carbocycles. The van der Waals surface area contributed by atoms with Crippen molar-refractivity contribution >= 4 is 0 Å². The Morgan fingerprint density at radius 2 is 0.817 bits per heavy atom. The molecule has 60 heavy (non-hydrogen) atoms. The second-order valence-electron chi connectivity index (χ2n) is 14.8. The van der Waals surface area contributed by atoms with Crippen LogP contribution in [0.2, 0.25) is 0 Å². The van der Waals surface area contributed by atoms with E-state index in [-0.39, 0.29) is 5.92 Å². The molecule has 0 saturated heterocycles. The highest BCUT2D eigenvalue weighted by molar-refractivity contribution is 5.89. The molecule has 0 radical (unpaired) electrons. The van der Waals surface area contributed by atoms with Gasteiger partial charge in [-0.15, -0.1) is 0 Å². The molecule has 0 fully saturated rings. The minimum Gasteiger partial charge on any atom is -0.232 e. The van der Waals surface area contributed by atoms with E-state index in [1.807, 2.05) is 66.7 Å². The van der Waals surface area contributed by atoms with Crippen molar-refractivity contribution < 1.29 is 0 Å². The van der Waals surface area contributed by atoms with E-state index in [1.54, 1.807) is 0 Å². The van der Waals surface area contributed by atoms with Crippen molar-refractivity contribution in [3.8, 4) is 90.2 Å². The highest BCUT2D eigenvalue weighted by Gasteiger charge is 2.18. The Morgan fingerprint density at radius 3 is 1.42 bits per heavy atom. The average Bonchev–Trinajstić information content (AvgIpc) is 3.35. The second kappa shape index (κ2) is 16.5. The van der Waals surface area contributed by atoms with Crippen LogP contribution in [0.15, 0.2) is 218 Å². The van der Waals surface area contributed by atoms with E-state index in [0.717, 1.165) is 79.0 Å². The molecule has 0 bridgehead atoms. The van der Waals surface area contributed by atoms with E-state index >= 15 is 0 Å². The van der Waals surface area contributed by atoms with Gasteiger partial charge in [0.05, 0.1) is 11.4 Å². The van der Waals surface area contributed by atoms with Gasteiger partial charge in [0.2, 0.25) is 0 Å². The molecule has 2 heterocycles. The van der Waals surface area contributed by atoms with Gasteiger partial charge >= 0.3 is 0 Å². The number of rotatable bonds is 9. The third kappa shape index (κ3) is 7.72. The van der Waals surface area contributed by atoms with Crippen LogP contribution in [0, 0.1) is 0 Å². The molecule has 9 aromatic rings. The molecule has 1 aliphatic carbocycles. The summed E-state index contributed by atoms with van der Waals surface area (Å²) < 4.78 is 0. The molecule has 7 aromatic carbocycles. The van der Waals surface area contributed by atoms with Crippen LogP contribution in [-0.2, 0) is 0 Å². The van der Waals surface area contributed by atoms with Gasteiger partial charge in [-0.3, -0.25) is 0 Å². The SMILES string of the molecule is C1=CCC(c2cc(-c3ccccc3)nc(-c3cccc(-c4cc(-c5ccccc5)ccc4-c4ccc(-c5nc(-c6ccccc6)nc(-c6ccccc6)n5)cc4)c3)n2)C=C1. The largest absolute Gasteiger partial charge is 0.232 e. The molecule has 1 aliphatic rings. The molecule has 5 heteroatoms. The molecule has 284 valence electrons. The van der Waals surface area contributed by atoms with Crippen LogP contribution < -0.4 is 0 Å². The average molecular weight is 770 g/mol. The monoisotopic (exact) mass is 769 g/mol. The Kier molecular flexibility index (Phi) is 10.0. The van der Waals surface area contributed by atoms with Crippen LogP contribution in [0.5, 0.6) is 0 Å². The molecule has 0 amide bonds. The summed E-state index contributed by atoms with van der Waals surface area (Å²) in [4.78, 5) is 25.2. The lowest BCUT2D eigenvalue weighted by Crippen LogP contribution is -2.04. The van der Waals surface area contributed by atoms with Gasteiger partial charge < -0.3 is 0 Å². The van der Waals surface area contributed by atoms with E-state index in [2.05, 4.69) is 152 Å². The van der Waals surface area contributed by atoms with Gasteiger partial charge in [-0.1, -0.05) is 200 Å². The maximum absolute atomic E-state index is 5.21. The van der Waals surface area contributed by atoms with E-state index < -0.39 is 0 Å². The van der Waals surface area contributed by atoms with E-state index in [9.17, 15) is 0 Å². The fraction of sp³-hybridized carbons (Fsp3) is 0.0364. The molecule has 0 aliphatic heterocycles. The Hall–Kier alpha value is -7.89. The Bertz CT molecular complexity index is 2920. The van der Waals surface area contributed by atoms with Gasteiger partial charge in [0, 0.05) is 33.7 Å². The number of hydrogen-bond acceptors (Lipinski definition) is 5. The summed E-state index contributed by atoms with van der Waals surface area (Å²) in [5.74, 6) is 2.80. The first-order chi connectivity index (χ1) is 29.7. The minimum absolute atomic E-state index is 0.187.